The topological polar surface area (TPSA) is 91.8 Å². The number of likely N-dealkylation sites (tertiary alicyclic amines) is 1. The molecule has 44 heavy (non-hydrogen) atoms. The Morgan fingerprint density at radius 3 is 2.27 bits per heavy atom. The molecule has 0 bridgehead atoms. The third-order valence-electron chi connectivity index (χ3n) is 10.1. The van der Waals surface area contributed by atoms with Crippen LogP contribution in [-0.2, 0) is 16.1 Å². The smallest absolute Gasteiger partial charge is 0.392 e. The van der Waals surface area contributed by atoms with E-state index in [1.54, 1.807) is 7.11 Å². The largest absolute Gasteiger partial charge is 0.481 e. The van der Waals surface area contributed by atoms with E-state index in [0.29, 0.717) is 36.7 Å². The van der Waals surface area contributed by atoms with Crippen LogP contribution in [0.5, 0.6) is 5.88 Å². The van der Waals surface area contributed by atoms with Gasteiger partial charge in [-0.1, -0.05) is 70.4 Å². The number of methoxy groups -OCH3 is 1. The number of hydrogen-bond acceptors (Lipinski definition) is 5. The lowest BCUT2D eigenvalue weighted by molar-refractivity contribution is -0.202. The number of nitrogens with zero attached hydrogens (tertiary/aromatic N) is 2. The molecule has 7 nitrogen and oxygen atoms in total. The molecule has 0 spiro atoms. The molecule has 1 saturated heterocycles. The average Bonchev–Trinajstić information content (AvgIpc) is 3.31. The zero-order chi connectivity index (χ0) is 31.8. The molecule has 10 heteroatoms. The molecule has 2 aromatic rings. The molecule has 1 amide bonds. The second-order valence-corrected chi connectivity index (χ2v) is 13.8. The molecule has 6 atom stereocenters. The van der Waals surface area contributed by atoms with Crippen molar-refractivity contribution in [2.75, 3.05) is 7.11 Å². The molecule has 5 rings (SSSR count). The number of carbonyl (C=O) groups is 2. The van der Waals surface area contributed by atoms with Crippen molar-refractivity contribution >= 4 is 11.9 Å². The van der Waals surface area contributed by atoms with E-state index in [9.17, 15) is 27.9 Å². The van der Waals surface area contributed by atoms with Crippen LogP contribution in [0.2, 0.25) is 0 Å². The fraction of sp³-hybridized carbons (Fsp3) is 0.618. The lowest BCUT2D eigenvalue weighted by atomic mass is 9.72. The number of ether oxygens (including phenoxy) is 1. The fourth-order valence-corrected chi connectivity index (χ4v) is 7.76. The molecule has 2 heterocycles. The van der Waals surface area contributed by atoms with Gasteiger partial charge in [0.15, 0.2) is 0 Å². The van der Waals surface area contributed by atoms with Gasteiger partial charge in [-0.05, 0) is 54.2 Å². The fourth-order valence-electron chi connectivity index (χ4n) is 7.76. The number of benzene rings is 1. The summed E-state index contributed by atoms with van der Waals surface area (Å²) in [6, 6.07) is 8.48. The summed E-state index contributed by atoms with van der Waals surface area (Å²) in [6.45, 7) is 6.07. The number of carboxylic acids is 1. The van der Waals surface area contributed by atoms with Gasteiger partial charge in [0.05, 0.1) is 19.1 Å². The van der Waals surface area contributed by atoms with Crippen LogP contribution in [0.25, 0.3) is 0 Å². The number of rotatable bonds is 8. The van der Waals surface area contributed by atoms with E-state index >= 15 is 0 Å². The molecule has 2 unspecified atom stereocenters. The second-order valence-electron chi connectivity index (χ2n) is 13.8. The first-order valence-corrected chi connectivity index (χ1v) is 15.8. The van der Waals surface area contributed by atoms with Crippen molar-refractivity contribution in [2.45, 2.75) is 102 Å². The Balaban J connectivity index is 1.59. The number of amides is 1. The van der Waals surface area contributed by atoms with Gasteiger partial charge in [-0.3, -0.25) is 4.79 Å². The maximum Gasteiger partial charge on any atom is 0.392 e. The number of carboxylic acid groups (broad SMARTS) is 1. The van der Waals surface area contributed by atoms with E-state index in [-0.39, 0.29) is 12.8 Å². The summed E-state index contributed by atoms with van der Waals surface area (Å²) in [5, 5.41) is 14.3. The standard InChI is InChI=1S/C34H44F3N3O4/c1-33(2,3)26-27(38-19-23-17-22(20-13-10-14-20)18-39-30(23)44-4)28(21-11-6-5-7-12-21)40(29(26)32(42)43)31(41)24-15-8-9-16-25(24)34(35,36)37/h5-7,11-12,17-18,20,24-29,38H,8-10,13-16,19H2,1-4H3,(H,42,43)/t24?,25?,26-,27-,28-,29-/m0/s1. The second kappa shape index (κ2) is 12.7. The van der Waals surface area contributed by atoms with Crippen LogP contribution < -0.4 is 10.1 Å². The molecular weight excluding hydrogens is 571 g/mol. The number of pyridine rings is 1. The summed E-state index contributed by atoms with van der Waals surface area (Å²) in [4.78, 5) is 33.4. The van der Waals surface area contributed by atoms with Gasteiger partial charge < -0.3 is 20.1 Å². The van der Waals surface area contributed by atoms with Crippen molar-refractivity contribution in [1.82, 2.24) is 15.2 Å². The summed E-state index contributed by atoms with van der Waals surface area (Å²) >= 11 is 0. The minimum atomic E-state index is -4.54. The monoisotopic (exact) mass is 615 g/mol. The molecule has 1 aliphatic heterocycles. The highest BCUT2D eigenvalue weighted by atomic mass is 19.4. The van der Waals surface area contributed by atoms with Crippen LogP contribution >= 0.6 is 0 Å². The van der Waals surface area contributed by atoms with Crippen molar-refractivity contribution in [1.29, 1.82) is 0 Å². The van der Waals surface area contributed by atoms with Crippen molar-refractivity contribution in [3.63, 3.8) is 0 Å². The van der Waals surface area contributed by atoms with Crippen molar-refractivity contribution in [2.24, 2.45) is 23.2 Å². The van der Waals surface area contributed by atoms with Crippen molar-refractivity contribution < 1.29 is 32.6 Å². The van der Waals surface area contributed by atoms with Crippen LogP contribution in [-0.4, -0.2) is 52.2 Å². The Morgan fingerprint density at radius 2 is 1.70 bits per heavy atom. The Kier molecular flexibility index (Phi) is 9.31. The van der Waals surface area contributed by atoms with E-state index in [0.717, 1.165) is 24.0 Å². The Labute approximate surface area is 257 Å². The van der Waals surface area contributed by atoms with E-state index < -0.39 is 59.3 Å². The van der Waals surface area contributed by atoms with E-state index in [4.69, 9.17) is 4.74 Å². The molecule has 3 aliphatic rings. The SMILES string of the molecule is COc1ncc(C2CCC2)cc1CN[C@H]1[C@H](C(C)(C)C)[C@@H](C(=O)O)N(C(=O)C2CCCCC2C(F)(F)F)[C@H]1c1ccccc1. The Hall–Kier alpha value is -3.14. The number of halogens is 3. The molecule has 2 aliphatic carbocycles. The average molecular weight is 616 g/mol. The maximum absolute atomic E-state index is 14.4. The molecule has 2 saturated carbocycles. The summed E-state index contributed by atoms with van der Waals surface area (Å²) in [5.41, 5.74) is 2.01. The predicted molar refractivity (Wildman–Crippen MR) is 160 cm³/mol. The van der Waals surface area contributed by atoms with Crippen LogP contribution in [0.3, 0.4) is 0 Å². The Bertz CT molecular complexity index is 1330. The van der Waals surface area contributed by atoms with Crippen LogP contribution in [0.1, 0.15) is 94.4 Å². The molecule has 3 fully saturated rings. The van der Waals surface area contributed by atoms with Gasteiger partial charge >= 0.3 is 12.1 Å². The van der Waals surface area contributed by atoms with E-state index in [2.05, 4.69) is 16.4 Å². The van der Waals surface area contributed by atoms with Crippen LogP contribution in [0, 0.1) is 23.2 Å². The minimum Gasteiger partial charge on any atom is -0.481 e. The molecule has 2 N–H and O–H groups in total. The maximum atomic E-state index is 14.4. The highest BCUT2D eigenvalue weighted by Gasteiger charge is 2.60. The lowest BCUT2D eigenvalue weighted by Gasteiger charge is -2.39. The summed E-state index contributed by atoms with van der Waals surface area (Å²) < 4.78 is 48.3. The van der Waals surface area contributed by atoms with E-state index in [1.165, 1.54) is 11.3 Å². The number of aromatic nitrogens is 1. The number of nitrogens with one attached hydrogen (secondary N) is 1. The molecule has 1 aromatic carbocycles. The molecule has 0 radical (unpaired) electrons. The van der Waals surface area contributed by atoms with Gasteiger partial charge in [-0.25, -0.2) is 9.78 Å². The predicted octanol–water partition coefficient (Wildman–Crippen LogP) is 6.88. The number of alkyl halides is 3. The zero-order valence-corrected chi connectivity index (χ0v) is 25.9. The summed E-state index contributed by atoms with van der Waals surface area (Å²) in [5.74, 6) is -4.76. The van der Waals surface area contributed by atoms with Crippen LogP contribution in [0.15, 0.2) is 42.6 Å². The van der Waals surface area contributed by atoms with Gasteiger partial charge in [-0.2, -0.15) is 13.2 Å². The number of aliphatic carboxylic acids is 1. The number of carbonyl (C=O) groups excluding carboxylic acids is 1. The zero-order valence-electron chi connectivity index (χ0n) is 25.9. The van der Waals surface area contributed by atoms with Crippen LogP contribution in [0.4, 0.5) is 13.2 Å². The molecular formula is C34H44F3N3O4. The lowest BCUT2D eigenvalue weighted by Crippen LogP contribution is -2.51. The van der Waals surface area contributed by atoms with Gasteiger partial charge in [0.25, 0.3) is 0 Å². The minimum absolute atomic E-state index is 0.0858. The molecule has 240 valence electrons. The number of hydrogen-bond donors (Lipinski definition) is 2. The Morgan fingerprint density at radius 1 is 1.02 bits per heavy atom. The summed E-state index contributed by atoms with van der Waals surface area (Å²) in [6.07, 6.45) is 1.52. The van der Waals surface area contributed by atoms with Gasteiger partial charge in [0.2, 0.25) is 11.8 Å². The summed E-state index contributed by atoms with van der Waals surface area (Å²) in [7, 11) is 1.55. The van der Waals surface area contributed by atoms with Gasteiger partial charge in [0, 0.05) is 36.2 Å². The van der Waals surface area contributed by atoms with Crippen molar-refractivity contribution in [3.05, 3.63) is 59.3 Å². The molecule has 1 aromatic heterocycles. The highest BCUT2D eigenvalue weighted by molar-refractivity contribution is 5.87. The third kappa shape index (κ3) is 6.32. The first-order chi connectivity index (χ1) is 20.8. The van der Waals surface area contributed by atoms with E-state index in [1.807, 2.05) is 57.3 Å². The quantitative estimate of drug-likeness (QED) is 0.336. The first-order valence-electron chi connectivity index (χ1n) is 15.8. The van der Waals surface area contributed by atoms with Crippen molar-refractivity contribution in [3.8, 4) is 5.88 Å². The first kappa shape index (κ1) is 32.3. The van der Waals surface area contributed by atoms with Gasteiger partial charge in [-0.15, -0.1) is 0 Å². The highest BCUT2D eigenvalue weighted by Crippen LogP contribution is 2.51. The van der Waals surface area contributed by atoms with Gasteiger partial charge in [0.1, 0.15) is 6.04 Å². The normalized spacial score (nSPS) is 28.0. The third-order valence-corrected chi connectivity index (χ3v) is 10.1.